The van der Waals surface area contributed by atoms with E-state index in [0.29, 0.717) is 0 Å². The Morgan fingerprint density at radius 2 is 1.80 bits per heavy atom. The van der Waals surface area contributed by atoms with Gasteiger partial charge in [-0.3, -0.25) is 10.1 Å². The summed E-state index contributed by atoms with van der Waals surface area (Å²) < 4.78 is 28.8. The molecule has 0 radical (unpaired) electrons. The standard InChI is InChI=1S/C16H14N4O4S/c21-20(22)15-4-1-2-5-16(15)25(23,24)18-12-13-6-8-14(9-7-13)19-11-3-10-17-19/h1-11,18H,12H2. The Balaban J connectivity index is 1.76. The van der Waals surface area contributed by atoms with Crippen LogP contribution in [0.4, 0.5) is 5.69 Å². The zero-order valence-corrected chi connectivity index (χ0v) is 13.8. The zero-order chi connectivity index (χ0) is 17.9. The summed E-state index contributed by atoms with van der Waals surface area (Å²) in [5.41, 5.74) is 1.11. The molecule has 0 saturated heterocycles. The van der Waals surface area contributed by atoms with Crippen molar-refractivity contribution in [1.82, 2.24) is 14.5 Å². The molecular formula is C16H14N4O4S. The molecule has 3 aromatic rings. The maximum absolute atomic E-state index is 12.4. The van der Waals surface area contributed by atoms with Crippen LogP contribution in [0, 0.1) is 10.1 Å². The fraction of sp³-hybridized carbons (Fsp3) is 0.0625. The van der Waals surface area contributed by atoms with Crippen LogP contribution in [0.1, 0.15) is 5.56 Å². The summed E-state index contributed by atoms with van der Waals surface area (Å²) in [4.78, 5) is 9.93. The number of rotatable bonds is 6. The Kier molecular flexibility index (Phi) is 4.59. The predicted molar refractivity (Wildman–Crippen MR) is 90.7 cm³/mol. The maximum Gasteiger partial charge on any atom is 0.289 e. The highest BCUT2D eigenvalue weighted by molar-refractivity contribution is 7.89. The maximum atomic E-state index is 12.4. The summed E-state index contributed by atoms with van der Waals surface area (Å²) in [7, 11) is -4.00. The van der Waals surface area contributed by atoms with E-state index in [4.69, 9.17) is 0 Å². The van der Waals surface area contributed by atoms with Crippen LogP contribution in [-0.2, 0) is 16.6 Å². The Morgan fingerprint density at radius 3 is 2.44 bits per heavy atom. The molecule has 2 aromatic carbocycles. The van der Waals surface area contributed by atoms with Crippen LogP contribution < -0.4 is 4.72 Å². The summed E-state index contributed by atoms with van der Waals surface area (Å²) in [6.07, 6.45) is 3.46. The molecule has 0 aliphatic heterocycles. The van der Waals surface area contributed by atoms with E-state index in [1.54, 1.807) is 35.3 Å². The summed E-state index contributed by atoms with van der Waals surface area (Å²) >= 11 is 0. The van der Waals surface area contributed by atoms with Crippen molar-refractivity contribution in [2.45, 2.75) is 11.4 Å². The lowest BCUT2D eigenvalue weighted by Crippen LogP contribution is -2.24. The molecule has 0 amide bonds. The largest absolute Gasteiger partial charge is 0.289 e. The van der Waals surface area contributed by atoms with Gasteiger partial charge in [-0.1, -0.05) is 24.3 Å². The van der Waals surface area contributed by atoms with Crippen molar-refractivity contribution in [2.24, 2.45) is 0 Å². The van der Waals surface area contributed by atoms with Crippen LogP contribution in [0.15, 0.2) is 71.9 Å². The van der Waals surface area contributed by atoms with Crippen molar-refractivity contribution in [1.29, 1.82) is 0 Å². The first-order valence-corrected chi connectivity index (χ1v) is 8.78. The van der Waals surface area contributed by atoms with Gasteiger partial charge in [0, 0.05) is 25.0 Å². The van der Waals surface area contributed by atoms with Crippen molar-refractivity contribution < 1.29 is 13.3 Å². The van der Waals surface area contributed by atoms with E-state index in [0.717, 1.165) is 17.3 Å². The molecule has 0 saturated carbocycles. The molecule has 0 fully saturated rings. The van der Waals surface area contributed by atoms with E-state index in [9.17, 15) is 18.5 Å². The molecule has 0 bridgehead atoms. The van der Waals surface area contributed by atoms with Crippen molar-refractivity contribution >= 4 is 15.7 Å². The minimum absolute atomic E-state index is 0.0216. The Bertz CT molecular complexity index is 983. The fourth-order valence-corrected chi connectivity index (χ4v) is 3.47. The molecule has 1 heterocycles. The monoisotopic (exact) mass is 358 g/mol. The van der Waals surface area contributed by atoms with E-state index in [1.165, 1.54) is 18.2 Å². The second-order valence-electron chi connectivity index (χ2n) is 5.17. The Morgan fingerprint density at radius 1 is 1.08 bits per heavy atom. The summed E-state index contributed by atoms with van der Waals surface area (Å²) in [6, 6.07) is 14.2. The first-order chi connectivity index (χ1) is 12.0. The van der Waals surface area contributed by atoms with Gasteiger partial charge >= 0.3 is 0 Å². The Labute approximate surface area is 143 Å². The molecule has 0 aliphatic rings. The lowest BCUT2D eigenvalue weighted by Gasteiger charge is -2.08. The van der Waals surface area contributed by atoms with E-state index < -0.39 is 20.6 Å². The molecule has 1 aromatic heterocycles. The third-order valence-corrected chi connectivity index (χ3v) is 4.97. The third kappa shape index (κ3) is 3.73. The van der Waals surface area contributed by atoms with Gasteiger partial charge in [-0.2, -0.15) is 5.10 Å². The quantitative estimate of drug-likeness (QED) is 0.537. The van der Waals surface area contributed by atoms with E-state index in [-0.39, 0.29) is 11.4 Å². The van der Waals surface area contributed by atoms with Crippen molar-refractivity contribution in [3.63, 3.8) is 0 Å². The van der Waals surface area contributed by atoms with E-state index in [2.05, 4.69) is 9.82 Å². The van der Waals surface area contributed by atoms with Gasteiger partial charge in [0.15, 0.2) is 4.90 Å². The van der Waals surface area contributed by atoms with Gasteiger partial charge in [0.2, 0.25) is 10.0 Å². The molecule has 0 spiro atoms. The van der Waals surface area contributed by atoms with Crippen LogP contribution in [0.2, 0.25) is 0 Å². The van der Waals surface area contributed by atoms with Gasteiger partial charge in [-0.05, 0) is 29.8 Å². The number of hydrogen-bond acceptors (Lipinski definition) is 5. The summed E-state index contributed by atoms with van der Waals surface area (Å²) in [5.74, 6) is 0. The molecular weight excluding hydrogens is 344 g/mol. The number of sulfonamides is 1. The van der Waals surface area contributed by atoms with Gasteiger partial charge in [0.25, 0.3) is 5.69 Å². The smallest absolute Gasteiger partial charge is 0.258 e. The SMILES string of the molecule is O=[N+]([O-])c1ccccc1S(=O)(=O)NCc1ccc(-n2cccn2)cc1. The fourth-order valence-electron chi connectivity index (χ4n) is 2.28. The molecule has 8 nitrogen and oxygen atoms in total. The lowest BCUT2D eigenvalue weighted by atomic mass is 10.2. The summed E-state index contributed by atoms with van der Waals surface area (Å²) in [5, 5.41) is 15.1. The first kappa shape index (κ1) is 16.8. The van der Waals surface area contributed by atoms with Crippen LogP contribution in [0.5, 0.6) is 0 Å². The topological polar surface area (TPSA) is 107 Å². The molecule has 0 atom stereocenters. The van der Waals surface area contributed by atoms with Crippen molar-refractivity contribution in [3.05, 3.63) is 82.7 Å². The van der Waals surface area contributed by atoms with Crippen LogP contribution in [0.3, 0.4) is 0 Å². The average Bonchev–Trinajstić information content (AvgIpc) is 3.15. The van der Waals surface area contributed by atoms with Crippen molar-refractivity contribution in [3.8, 4) is 5.69 Å². The number of nitrogens with one attached hydrogen (secondary N) is 1. The number of nitro benzene ring substituents is 1. The molecule has 0 unspecified atom stereocenters. The highest BCUT2D eigenvalue weighted by atomic mass is 32.2. The number of nitrogens with zero attached hydrogens (tertiary/aromatic N) is 3. The number of aromatic nitrogens is 2. The number of para-hydroxylation sites is 1. The molecule has 3 rings (SSSR count). The average molecular weight is 358 g/mol. The second kappa shape index (κ2) is 6.83. The minimum Gasteiger partial charge on any atom is -0.258 e. The van der Waals surface area contributed by atoms with Crippen LogP contribution in [-0.4, -0.2) is 23.1 Å². The zero-order valence-electron chi connectivity index (χ0n) is 12.9. The molecule has 25 heavy (non-hydrogen) atoms. The number of hydrogen-bond donors (Lipinski definition) is 1. The second-order valence-corrected chi connectivity index (χ2v) is 6.90. The van der Waals surface area contributed by atoms with Crippen LogP contribution in [0.25, 0.3) is 5.69 Å². The minimum atomic E-state index is -4.00. The normalized spacial score (nSPS) is 11.4. The first-order valence-electron chi connectivity index (χ1n) is 7.29. The molecule has 9 heteroatoms. The molecule has 0 aliphatic carbocycles. The third-order valence-electron chi connectivity index (χ3n) is 3.52. The van der Waals surface area contributed by atoms with Gasteiger partial charge in [0.05, 0.1) is 10.6 Å². The van der Waals surface area contributed by atoms with Gasteiger partial charge in [-0.25, -0.2) is 17.8 Å². The molecule has 1 N–H and O–H groups in total. The van der Waals surface area contributed by atoms with E-state index >= 15 is 0 Å². The lowest BCUT2D eigenvalue weighted by molar-refractivity contribution is -0.387. The highest BCUT2D eigenvalue weighted by Gasteiger charge is 2.24. The van der Waals surface area contributed by atoms with Gasteiger partial charge in [0.1, 0.15) is 0 Å². The highest BCUT2D eigenvalue weighted by Crippen LogP contribution is 2.22. The van der Waals surface area contributed by atoms with Crippen LogP contribution >= 0.6 is 0 Å². The van der Waals surface area contributed by atoms with Gasteiger partial charge in [-0.15, -0.1) is 0 Å². The van der Waals surface area contributed by atoms with E-state index in [1.807, 2.05) is 12.1 Å². The number of benzene rings is 2. The predicted octanol–water partition coefficient (Wildman–Crippen LogP) is 2.26. The number of nitro groups is 1. The van der Waals surface area contributed by atoms with Gasteiger partial charge < -0.3 is 0 Å². The molecule has 128 valence electrons. The van der Waals surface area contributed by atoms with Crippen molar-refractivity contribution in [2.75, 3.05) is 0 Å². The summed E-state index contributed by atoms with van der Waals surface area (Å²) in [6.45, 7) is 0.0216. The Hall–Kier alpha value is -3.04.